The zero-order valence-electron chi connectivity index (χ0n) is 25.8. The fourth-order valence-corrected chi connectivity index (χ4v) is 6.75. The van der Waals surface area contributed by atoms with E-state index in [1.54, 1.807) is 30.0 Å². The summed E-state index contributed by atoms with van der Waals surface area (Å²) in [6, 6.07) is 15.6. The maximum atomic E-state index is 13.5. The van der Waals surface area contributed by atoms with E-state index in [0.29, 0.717) is 31.7 Å². The van der Waals surface area contributed by atoms with Crippen molar-refractivity contribution in [1.82, 2.24) is 20.4 Å². The SMILES string of the molecule is C=C(/C=C\C(F)=C/C)[C@@H]1CC1(C)NCCS(=O)(=O)C[C@@H](NC(=O)c1ccc(-c2ccccc2)cc1)C(=O)N1CCN(C)CC1. The van der Waals surface area contributed by atoms with E-state index < -0.39 is 33.4 Å². The van der Waals surface area contributed by atoms with Crippen LogP contribution in [-0.4, -0.2) is 92.9 Å². The molecule has 2 aromatic rings. The number of amides is 2. The van der Waals surface area contributed by atoms with Crippen LogP contribution in [0, 0.1) is 5.92 Å². The van der Waals surface area contributed by atoms with E-state index in [9.17, 15) is 22.4 Å². The van der Waals surface area contributed by atoms with Crippen molar-refractivity contribution in [3.8, 4) is 11.1 Å². The first-order chi connectivity index (χ1) is 20.9. The van der Waals surface area contributed by atoms with Gasteiger partial charge in [0.15, 0.2) is 9.84 Å². The van der Waals surface area contributed by atoms with Gasteiger partial charge in [-0.05, 0) is 56.7 Å². The Bertz CT molecular complexity index is 1500. The third-order valence-electron chi connectivity index (χ3n) is 8.45. The fraction of sp³-hybridized carbons (Fsp3) is 0.412. The van der Waals surface area contributed by atoms with Gasteiger partial charge in [-0.1, -0.05) is 66.8 Å². The zero-order chi connectivity index (χ0) is 31.9. The second-order valence-electron chi connectivity index (χ2n) is 11.9. The van der Waals surface area contributed by atoms with E-state index >= 15 is 0 Å². The minimum atomic E-state index is -3.73. The van der Waals surface area contributed by atoms with E-state index in [1.165, 1.54) is 12.2 Å². The first-order valence-corrected chi connectivity index (χ1v) is 16.8. The van der Waals surface area contributed by atoms with Crippen molar-refractivity contribution >= 4 is 21.7 Å². The standard InChI is InChI=1S/C34H43FN4O4S/c1-5-29(35)16-11-25(2)30-23-34(30,3)36-17-22-44(42,43)24-31(33(41)39-20-18-38(4)19-21-39)37-32(40)28-14-12-27(13-15-28)26-9-7-6-8-10-26/h5-16,30-31,36H,2,17-24H2,1,3-4H3,(H,37,40)/b16-11-,29-5+/t30-,31+,34?/m0/s1. The average Bonchev–Trinajstić information content (AvgIpc) is 3.70. The number of nitrogens with zero attached hydrogens (tertiary/aromatic N) is 2. The lowest BCUT2D eigenvalue weighted by atomic mass is 10.0. The molecule has 44 heavy (non-hydrogen) atoms. The summed E-state index contributed by atoms with van der Waals surface area (Å²) in [6.07, 6.45) is 5.15. The van der Waals surface area contributed by atoms with Crippen molar-refractivity contribution < 1.29 is 22.4 Å². The van der Waals surface area contributed by atoms with Gasteiger partial charge in [-0.25, -0.2) is 12.8 Å². The summed E-state index contributed by atoms with van der Waals surface area (Å²) in [4.78, 5) is 30.5. The van der Waals surface area contributed by atoms with Crippen molar-refractivity contribution in [2.24, 2.45) is 5.92 Å². The highest BCUT2D eigenvalue weighted by Crippen LogP contribution is 2.47. The molecule has 10 heteroatoms. The number of halogens is 1. The van der Waals surface area contributed by atoms with E-state index in [4.69, 9.17) is 0 Å². The van der Waals surface area contributed by atoms with Gasteiger partial charge in [0, 0.05) is 49.7 Å². The Kier molecular flexibility index (Phi) is 10.9. The molecule has 1 saturated carbocycles. The van der Waals surface area contributed by atoms with Crippen molar-refractivity contribution in [3.05, 3.63) is 96.4 Å². The first-order valence-electron chi connectivity index (χ1n) is 15.0. The van der Waals surface area contributed by atoms with E-state index in [-0.39, 0.29) is 29.6 Å². The number of nitrogens with one attached hydrogen (secondary N) is 2. The van der Waals surface area contributed by atoms with E-state index in [1.807, 2.05) is 56.4 Å². The highest BCUT2D eigenvalue weighted by atomic mass is 32.2. The molecule has 3 atom stereocenters. The molecule has 0 radical (unpaired) electrons. The van der Waals surface area contributed by atoms with E-state index in [0.717, 1.165) is 23.1 Å². The third kappa shape index (κ3) is 8.97. The number of hydrogen-bond donors (Lipinski definition) is 2. The Hall–Kier alpha value is -3.60. The number of likely N-dealkylation sites (N-methyl/N-ethyl adjacent to an activating group) is 1. The largest absolute Gasteiger partial charge is 0.339 e. The van der Waals surface area contributed by atoms with Gasteiger partial charge in [-0.15, -0.1) is 0 Å². The van der Waals surface area contributed by atoms with Crippen molar-refractivity contribution in [3.63, 3.8) is 0 Å². The predicted molar refractivity (Wildman–Crippen MR) is 174 cm³/mol. The van der Waals surface area contributed by atoms with Crippen LogP contribution in [0.3, 0.4) is 0 Å². The second-order valence-corrected chi connectivity index (χ2v) is 14.1. The summed E-state index contributed by atoms with van der Waals surface area (Å²) in [5.74, 6) is -1.85. The predicted octanol–water partition coefficient (Wildman–Crippen LogP) is 3.99. The minimum absolute atomic E-state index is 0.0743. The molecule has 236 valence electrons. The molecule has 2 amide bonds. The number of benzene rings is 2. The van der Waals surface area contributed by atoms with Gasteiger partial charge >= 0.3 is 0 Å². The molecule has 8 nitrogen and oxygen atoms in total. The minimum Gasteiger partial charge on any atom is -0.339 e. The number of carbonyl (C=O) groups excluding carboxylic acids is 2. The number of rotatable bonds is 13. The molecule has 1 saturated heterocycles. The van der Waals surface area contributed by atoms with Crippen LogP contribution >= 0.6 is 0 Å². The molecular weight excluding hydrogens is 579 g/mol. The van der Waals surface area contributed by atoms with Gasteiger partial charge in [-0.3, -0.25) is 9.59 Å². The summed E-state index contributed by atoms with van der Waals surface area (Å²) in [5.41, 5.74) is 2.74. The lowest BCUT2D eigenvalue weighted by Gasteiger charge is -2.34. The van der Waals surface area contributed by atoms with Crippen LogP contribution in [0.15, 0.2) is 90.8 Å². The topological polar surface area (TPSA) is 98.8 Å². The summed E-state index contributed by atoms with van der Waals surface area (Å²) in [6.45, 7) is 10.1. The molecule has 2 aromatic carbocycles. The molecule has 4 rings (SSSR count). The van der Waals surface area contributed by atoms with Gasteiger partial charge in [0.05, 0.1) is 11.5 Å². The third-order valence-corrected chi connectivity index (χ3v) is 10.1. The van der Waals surface area contributed by atoms with Crippen LogP contribution in [0.4, 0.5) is 4.39 Å². The molecule has 2 N–H and O–H groups in total. The normalized spacial score (nSPS) is 21.7. The van der Waals surface area contributed by atoms with Crippen molar-refractivity contribution in [2.75, 3.05) is 51.3 Å². The number of piperazine rings is 1. The van der Waals surface area contributed by atoms with Crippen LogP contribution in [0.2, 0.25) is 0 Å². The summed E-state index contributed by atoms with van der Waals surface area (Å²) in [7, 11) is -1.76. The molecule has 1 unspecified atom stereocenters. The van der Waals surface area contributed by atoms with Crippen LogP contribution in [0.5, 0.6) is 0 Å². The number of hydrogen-bond acceptors (Lipinski definition) is 6. The maximum Gasteiger partial charge on any atom is 0.251 e. The van der Waals surface area contributed by atoms with Crippen LogP contribution < -0.4 is 10.6 Å². The molecule has 0 aromatic heterocycles. The summed E-state index contributed by atoms with van der Waals surface area (Å²) >= 11 is 0. The van der Waals surface area contributed by atoms with Gasteiger partial charge < -0.3 is 20.4 Å². The molecule has 1 aliphatic heterocycles. The Morgan fingerprint density at radius 1 is 1.05 bits per heavy atom. The maximum absolute atomic E-state index is 13.5. The smallest absolute Gasteiger partial charge is 0.251 e. The van der Waals surface area contributed by atoms with Gasteiger partial charge in [0.25, 0.3) is 5.91 Å². The Balaban J connectivity index is 1.39. The van der Waals surface area contributed by atoms with E-state index in [2.05, 4.69) is 22.1 Å². The number of carbonyl (C=O) groups is 2. The number of allylic oxidation sites excluding steroid dienone is 4. The van der Waals surface area contributed by atoms with Crippen molar-refractivity contribution in [1.29, 1.82) is 0 Å². The van der Waals surface area contributed by atoms with Gasteiger partial charge in [-0.2, -0.15) is 0 Å². The molecule has 2 aliphatic rings. The molecular formula is C34H43FN4O4S. The van der Waals surface area contributed by atoms with Crippen LogP contribution in [-0.2, 0) is 14.6 Å². The molecule has 1 heterocycles. The molecule has 1 aliphatic carbocycles. The average molecular weight is 623 g/mol. The molecule has 2 fully saturated rings. The first kappa shape index (κ1) is 33.3. The zero-order valence-corrected chi connectivity index (χ0v) is 26.6. The summed E-state index contributed by atoms with van der Waals surface area (Å²) in [5, 5.41) is 6.04. The lowest BCUT2D eigenvalue weighted by Crippen LogP contribution is -2.56. The van der Waals surface area contributed by atoms with Gasteiger partial charge in [0.2, 0.25) is 5.91 Å². The highest BCUT2D eigenvalue weighted by molar-refractivity contribution is 7.91. The van der Waals surface area contributed by atoms with Crippen molar-refractivity contribution in [2.45, 2.75) is 31.8 Å². The highest BCUT2D eigenvalue weighted by Gasteiger charge is 2.50. The number of sulfone groups is 1. The molecule has 0 spiro atoms. The lowest BCUT2D eigenvalue weighted by molar-refractivity contribution is -0.134. The Labute approximate surface area is 260 Å². The Morgan fingerprint density at radius 3 is 2.32 bits per heavy atom. The fourth-order valence-electron chi connectivity index (χ4n) is 5.44. The monoisotopic (exact) mass is 622 g/mol. The molecule has 0 bridgehead atoms. The summed E-state index contributed by atoms with van der Waals surface area (Å²) < 4.78 is 40.0. The van der Waals surface area contributed by atoms with Gasteiger partial charge in [0.1, 0.15) is 11.9 Å². The Morgan fingerprint density at radius 2 is 1.68 bits per heavy atom. The second kappa shape index (κ2) is 14.5. The van der Waals surface area contributed by atoms with Crippen LogP contribution in [0.1, 0.15) is 30.6 Å². The quantitative estimate of drug-likeness (QED) is 0.328. The van der Waals surface area contributed by atoms with Crippen LogP contribution in [0.25, 0.3) is 11.1 Å².